The number of piperidine rings is 1. The molecular formula is C16H21N5O2S. The first kappa shape index (κ1) is 16.8. The zero-order valence-corrected chi connectivity index (χ0v) is 14.7. The number of carbonyl (C=O) groups is 1. The van der Waals surface area contributed by atoms with Crippen LogP contribution in [0.3, 0.4) is 0 Å². The van der Waals surface area contributed by atoms with Crippen LogP contribution in [-0.4, -0.2) is 52.2 Å². The number of likely N-dealkylation sites (tertiary alicyclic amines) is 1. The van der Waals surface area contributed by atoms with Gasteiger partial charge in [-0.05, 0) is 32.4 Å². The number of aryl methyl sites for hydroxylation is 1. The Labute approximate surface area is 145 Å². The minimum atomic E-state index is -0.211. The number of nitrogens with one attached hydrogen (secondary N) is 1. The molecule has 0 radical (unpaired) electrons. The second-order valence-corrected chi connectivity index (χ2v) is 7.05. The van der Waals surface area contributed by atoms with Crippen LogP contribution in [0.5, 0.6) is 5.75 Å². The van der Waals surface area contributed by atoms with Crippen molar-refractivity contribution in [3.63, 3.8) is 0 Å². The van der Waals surface area contributed by atoms with Crippen LogP contribution in [0.15, 0.2) is 18.3 Å². The first-order valence-corrected chi connectivity index (χ1v) is 8.82. The molecule has 3 rings (SSSR count). The number of amides is 1. The molecule has 128 valence electrons. The monoisotopic (exact) mass is 347 g/mol. The summed E-state index contributed by atoms with van der Waals surface area (Å²) in [6.45, 7) is 4.66. The third kappa shape index (κ3) is 4.27. The van der Waals surface area contributed by atoms with Gasteiger partial charge in [0.15, 0.2) is 0 Å². The Morgan fingerprint density at radius 1 is 1.50 bits per heavy atom. The molecule has 3 heterocycles. The van der Waals surface area contributed by atoms with Gasteiger partial charge in [0, 0.05) is 25.9 Å². The molecule has 24 heavy (non-hydrogen) atoms. The number of nitrogens with zero attached hydrogens (tertiary/aromatic N) is 4. The minimum absolute atomic E-state index is 0.104. The Morgan fingerprint density at radius 2 is 2.38 bits per heavy atom. The van der Waals surface area contributed by atoms with Crippen molar-refractivity contribution in [3.8, 4) is 5.75 Å². The molecule has 1 saturated heterocycles. The summed E-state index contributed by atoms with van der Waals surface area (Å²) < 4.78 is 6.07. The standard InChI is InChI=1S/C16H21N5O2S/c1-11-19-20-15(24-11)10-21-7-3-4-13(9-21)23-12-5-6-18-14(8-12)16(22)17-2/h5-6,8,13H,3-4,7,9-10H2,1-2H3,(H,17,22)/t13-/m0/s1. The van der Waals surface area contributed by atoms with Gasteiger partial charge in [-0.15, -0.1) is 21.5 Å². The molecule has 0 saturated carbocycles. The van der Waals surface area contributed by atoms with E-state index in [1.54, 1.807) is 36.7 Å². The van der Waals surface area contributed by atoms with Crippen LogP contribution in [-0.2, 0) is 6.54 Å². The fourth-order valence-corrected chi connectivity index (χ4v) is 3.53. The van der Waals surface area contributed by atoms with E-state index in [2.05, 4.69) is 25.4 Å². The predicted molar refractivity (Wildman–Crippen MR) is 91.2 cm³/mol. The molecule has 1 amide bonds. The van der Waals surface area contributed by atoms with Crippen molar-refractivity contribution in [2.24, 2.45) is 0 Å². The lowest BCUT2D eigenvalue weighted by Crippen LogP contribution is -2.40. The highest BCUT2D eigenvalue weighted by atomic mass is 32.1. The van der Waals surface area contributed by atoms with Gasteiger partial charge in [-0.1, -0.05) is 0 Å². The van der Waals surface area contributed by atoms with Crippen LogP contribution < -0.4 is 10.1 Å². The fourth-order valence-electron chi connectivity index (χ4n) is 2.77. The SMILES string of the molecule is CNC(=O)c1cc(O[C@H]2CCCN(Cc3nnc(C)s3)C2)ccn1. The first-order chi connectivity index (χ1) is 11.6. The highest BCUT2D eigenvalue weighted by Gasteiger charge is 2.22. The molecule has 0 unspecified atom stereocenters. The fraction of sp³-hybridized carbons (Fsp3) is 0.500. The van der Waals surface area contributed by atoms with Gasteiger partial charge in [0.25, 0.3) is 5.91 Å². The van der Waals surface area contributed by atoms with Gasteiger partial charge < -0.3 is 10.1 Å². The van der Waals surface area contributed by atoms with Gasteiger partial charge >= 0.3 is 0 Å². The maximum atomic E-state index is 11.7. The third-order valence-corrected chi connectivity index (χ3v) is 4.71. The number of rotatable bonds is 5. The zero-order chi connectivity index (χ0) is 16.9. The molecule has 2 aromatic heterocycles. The van der Waals surface area contributed by atoms with E-state index in [0.29, 0.717) is 11.4 Å². The summed E-state index contributed by atoms with van der Waals surface area (Å²) in [5.74, 6) is 0.472. The molecule has 0 spiro atoms. The Bertz CT molecular complexity index is 705. The molecule has 1 fully saturated rings. The highest BCUT2D eigenvalue weighted by Crippen LogP contribution is 2.21. The Balaban J connectivity index is 1.60. The van der Waals surface area contributed by atoms with Crippen LogP contribution in [0.1, 0.15) is 33.3 Å². The summed E-state index contributed by atoms with van der Waals surface area (Å²) in [6, 6.07) is 3.48. The number of carbonyl (C=O) groups excluding carboxylic acids is 1. The maximum Gasteiger partial charge on any atom is 0.269 e. The molecule has 7 nitrogen and oxygen atoms in total. The van der Waals surface area contributed by atoms with E-state index in [9.17, 15) is 4.79 Å². The van der Waals surface area contributed by atoms with Crippen molar-refractivity contribution < 1.29 is 9.53 Å². The van der Waals surface area contributed by atoms with Gasteiger partial charge in [-0.3, -0.25) is 14.7 Å². The lowest BCUT2D eigenvalue weighted by Gasteiger charge is -2.32. The summed E-state index contributed by atoms with van der Waals surface area (Å²) in [7, 11) is 1.59. The van der Waals surface area contributed by atoms with Crippen molar-refractivity contribution in [1.29, 1.82) is 0 Å². The molecule has 1 aliphatic rings. The summed E-state index contributed by atoms with van der Waals surface area (Å²) in [4.78, 5) is 18.1. The van der Waals surface area contributed by atoms with E-state index in [0.717, 1.165) is 42.5 Å². The van der Waals surface area contributed by atoms with Crippen molar-refractivity contribution in [3.05, 3.63) is 34.0 Å². The summed E-state index contributed by atoms with van der Waals surface area (Å²) in [5, 5.41) is 12.9. The average molecular weight is 347 g/mol. The molecule has 1 N–H and O–H groups in total. The van der Waals surface area contributed by atoms with Gasteiger partial charge in [0.1, 0.15) is 27.6 Å². The Morgan fingerprint density at radius 3 is 3.12 bits per heavy atom. The third-order valence-electron chi connectivity index (χ3n) is 3.88. The van der Waals surface area contributed by atoms with Crippen molar-refractivity contribution in [2.75, 3.05) is 20.1 Å². The van der Waals surface area contributed by atoms with Gasteiger partial charge in [-0.2, -0.15) is 0 Å². The normalized spacial score (nSPS) is 18.3. The second kappa shape index (κ2) is 7.67. The van der Waals surface area contributed by atoms with E-state index in [1.165, 1.54) is 0 Å². The van der Waals surface area contributed by atoms with Gasteiger partial charge in [0.2, 0.25) is 0 Å². The van der Waals surface area contributed by atoms with Gasteiger partial charge in [0.05, 0.1) is 6.54 Å². The lowest BCUT2D eigenvalue weighted by atomic mass is 10.1. The molecule has 8 heteroatoms. The van der Waals surface area contributed by atoms with Crippen molar-refractivity contribution in [2.45, 2.75) is 32.4 Å². The van der Waals surface area contributed by atoms with Crippen molar-refractivity contribution >= 4 is 17.2 Å². The number of hydrogen-bond donors (Lipinski definition) is 1. The van der Waals surface area contributed by atoms with E-state index >= 15 is 0 Å². The molecule has 0 aliphatic carbocycles. The molecule has 0 bridgehead atoms. The van der Waals surface area contributed by atoms with E-state index < -0.39 is 0 Å². The van der Waals surface area contributed by atoms with Crippen LogP contribution >= 0.6 is 11.3 Å². The van der Waals surface area contributed by atoms with Crippen LogP contribution in [0.4, 0.5) is 0 Å². The summed E-state index contributed by atoms with van der Waals surface area (Å²) >= 11 is 1.64. The zero-order valence-electron chi connectivity index (χ0n) is 13.9. The molecule has 0 aromatic carbocycles. The predicted octanol–water partition coefficient (Wildman–Crippen LogP) is 1.64. The molecule has 1 aliphatic heterocycles. The van der Waals surface area contributed by atoms with Crippen molar-refractivity contribution in [1.82, 2.24) is 25.4 Å². The second-order valence-electron chi connectivity index (χ2n) is 5.79. The summed E-state index contributed by atoms with van der Waals surface area (Å²) in [6.07, 6.45) is 3.79. The van der Waals surface area contributed by atoms with Crippen LogP contribution in [0.2, 0.25) is 0 Å². The van der Waals surface area contributed by atoms with Gasteiger partial charge in [-0.25, -0.2) is 0 Å². The van der Waals surface area contributed by atoms with E-state index in [-0.39, 0.29) is 12.0 Å². The quantitative estimate of drug-likeness (QED) is 0.886. The lowest BCUT2D eigenvalue weighted by molar-refractivity contribution is 0.0836. The number of hydrogen-bond acceptors (Lipinski definition) is 7. The maximum absolute atomic E-state index is 11.7. The highest BCUT2D eigenvalue weighted by molar-refractivity contribution is 7.11. The largest absolute Gasteiger partial charge is 0.489 e. The Kier molecular flexibility index (Phi) is 5.37. The van der Waals surface area contributed by atoms with E-state index in [4.69, 9.17) is 4.74 Å². The Hall–Kier alpha value is -2.06. The van der Waals surface area contributed by atoms with Crippen LogP contribution in [0, 0.1) is 6.92 Å². The molecule has 2 aromatic rings. The topological polar surface area (TPSA) is 80.2 Å². The average Bonchev–Trinajstić information content (AvgIpc) is 2.99. The summed E-state index contributed by atoms with van der Waals surface area (Å²) in [5.41, 5.74) is 0.368. The number of aromatic nitrogens is 3. The number of pyridine rings is 1. The van der Waals surface area contributed by atoms with Crippen LogP contribution in [0.25, 0.3) is 0 Å². The van der Waals surface area contributed by atoms with E-state index in [1.807, 2.05) is 6.92 Å². The molecule has 1 atom stereocenters. The first-order valence-electron chi connectivity index (χ1n) is 8.00. The minimum Gasteiger partial charge on any atom is -0.489 e. The molecular weight excluding hydrogens is 326 g/mol. The number of ether oxygens (including phenoxy) is 1. The smallest absolute Gasteiger partial charge is 0.269 e.